The van der Waals surface area contributed by atoms with Crippen LogP contribution in [0.4, 0.5) is 10.1 Å². The van der Waals surface area contributed by atoms with Gasteiger partial charge in [-0.25, -0.2) is 4.39 Å². The maximum absolute atomic E-state index is 14.0. The number of halogens is 1. The molecule has 0 radical (unpaired) electrons. The molecule has 0 saturated heterocycles. The molecule has 94 valence electrons. The van der Waals surface area contributed by atoms with Crippen molar-refractivity contribution >= 4 is 5.69 Å². The van der Waals surface area contributed by atoms with Gasteiger partial charge in [-0.2, -0.15) is 0 Å². The Balaban J connectivity index is 2.23. The molecule has 1 aliphatic carbocycles. The number of aliphatic hydroxyl groups excluding tert-OH is 1. The van der Waals surface area contributed by atoms with Gasteiger partial charge in [0.1, 0.15) is 5.82 Å². The number of aliphatic hydroxyl groups is 1. The first-order valence-electron chi connectivity index (χ1n) is 6.42. The summed E-state index contributed by atoms with van der Waals surface area (Å²) in [4.78, 5) is 2.16. The van der Waals surface area contributed by atoms with Crippen molar-refractivity contribution in [2.45, 2.75) is 45.3 Å². The van der Waals surface area contributed by atoms with E-state index >= 15 is 0 Å². The van der Waals surface area contributed by atoms with Gasteiger partial charge in [-0.1, -0.05) is 18.9 Å². The summed E-state index contributed by atoms with van der Waals surface area (Å²) < 4.78 is 14.0. The summed E-state index contributed by atoms with van der Waals surface area (Å²) in [5.74, 6) is -0.217. The third kappa shape index (κ3) is 2.60. The normalized spacial score (nSPS) is 16.4. The van der Waals surface area contributed by atoms with E-state index in [-0.39, 0.29) is 12.4 Å². The van der Waals surface area contributed by atoms with Crippen LogP contribution < -0.4 is 4.90 Å². The van der Waals surface area contributed by atoms with E-state index in [0.29, 0.717) is 17.3 Å². The molecule has 0 heterocycles. The van der Waals surface area contributed by atoms with Crippen molar-refractivity contribution < 1.29 is 9.50 Å². The molecule has 1 aromatic rings. The van der Waals surface area contributed by atoms with E-state index in [1.54, 1.807) is 12.1 Å². The van der Waals surface area contributed by atoms with Crippen LogP contribution in [0.5, 0.6) is 0 Å². The Morgan fingerprint density at radius 3 is 2.59 bits per heavy atom. The van der Waals surface area contributed by atoms with Crippen molar-refractivity contribution in [2.75, 3.05) is 11.4 Å². The Labute approximate surface area is 102 Å². The molecule has 17 heavy (non-hydrogen) atoms. The van der Waals surface area contributed by atoms with Gasteiger partial charge in [0.05, 0.1) is 12.3 Å². The molecule has 0 aliphatic heterocycles. The lowest BCUT2D eigenvalue weighted by Crippen LogP contribution is -2.33. The van der Waals surface area contributed by atoms with Crippen molar-refractivity contribution in [1.82, 2.24) is 0 Å². The third-order valence-electron chi connectivity index (χ3n) is 3.61. The number of hydrogen-bond acceptors (Lipinski definition) is 2. The maximum atomic E-state index is 14.0. The lowest BCUT2D eigenvalue weighted by Gasteiger charge is -2.30. The first-order valence-corrected chi connectivity index (χ1v) is 6.42. The van der Waals surface area contributed by atoms with E-state index in [1.165, 1.54) is 18.9 Å². The molecule has 0 aromatic heterocycles. The fraction of sp³-hybridized carbons (Fsp3) is 0.571. The Morgan fingerprint density at radius 2 is 2.06 bits per heavy atom. The van der Waals surface area contributed by atoms with Crippen LogP contribution in [0.25, 0.3) is 0 Å². The minimum Gasteiger partial charge on any atom is -0.392 e. The van der Waals surface area contributed by atoms with Crippen molar-refractivity contribution in [3.05, 3.63) is 29.6 Å². The second-order valence-corrected chi connectivity index (χ2v) is 4.67. The monoisotopic (exact) mass is 237 g/mol. The molecular formula is C14H20FNO. The molecule has 2 rings (SSSR count). The summed E-state index contributed by atoms with van der Waals surface area (Å²) >= 11 is 0. The zero-order valence-corrected chi connectivity index (χ0v) is 10.3. The van der Waals surface area contributed by atoms with Gasteiger partial charge in [0.25, 0.3) is 0 Å². The number of nitrogens with zero attached hydrogens (tertiary/aromatic N) is 1. The van der Waals surface area contributed by atoms with Crippen molar-refractivity contribution in [3.63, 3.8) is 0 Å². The van der Waals surface area contributed by atoms with Gasteiger partial charge >= 0.3 is 0 Å². The molecule has 2 nitrogen and oxygen atoms in total. The molecule has 1 saturated carbocycles. The lowest BCUT2D eigenvalue weighted by molar-refractivity contribution is 0.281. The molecule has 1 N–H and O–H groups in total. The Hall–Kier alpha value is -1.09. The van der Waals surface area contributed by atoms with Gasteiger partial charge in [0.15, 0.2) is 0 Å². The minimum atomic E-state index is -0.217. The highest BCUT2D eigenvalue weighted by molar-refractivity contribution is 5.50. The standard InChI is InChI=1S/C14H20FNO/c1-2-16(12-5-3-4-6-12)14-8-7-11(10-17)9-13(14)15/h7-9,12,17H,2-6,10H2,1H3. The fourth-order valence-corrected chi connectivity index (χ4v) is 2.72. The third-order valence-corrected chi connectivity index (χ3v) is 3.61. The fourth-order valence-electron chi connectivity index (χ4n) is 2.72. The van der Waals surface area contributed by atoms with Gasteiger partial charge < -0.3 is 10.0 Å². The SMILES string of the molecule is CCN(c1ccc(CO)cc1F)C1CCCC1. The molecule has 0 bridgehead atoms. The van der Waals surface area contributed by atoms with Crippen molar-refractivity contribution in [3.8, 4) is 0 Å². The summed E-state index contributed by atoms with van der Waals surface area (Å²) in [6.07, 6.45) is 4.82. The van der Waals surface area contributed by atoms with E-state index in [2.05, 4.69) is 11.8 Å². The molecule has 0 atom stereocenters. The summed E-state index contributed by atoms with van der Waals surface area (Å²) in [6, 6.07) is 5.51. The Morgan fingerprint density at radius 1 is 1.35 bits per heavy atom. The minimum absolute atomic E-state index is 0.104. The summed E-state index contributed by atoms with van der Waals surface area (Å²) in [5.41, 5.74) is 1.31. The van der Waals surface area contributed by atoms with Gasteiger partial charge in [-0.15, -0.1) is 0 Å². The largest absolute Gasteiger partial charge is 0.392 e. The smallest absolute Gasteiger partial charge is 0.146 e. The number of hydrogen-bond donors (Lipinski definition) is 1. The van der Waals surface area contributed by atoms with E-state index in [0.717, 1.165) is 19.4 Å². The van der Waals surface area contributed by atoms with Crippen LogP contribution in [-0.4, -0.2) is 17.7 Å². The zero-order chi connectivity index (χ0) is 12.3. The Bertz CT molecular complexity index is 374. The van der Waals surface area contributed by atoms with Crippen LogP contribution >= 0.6 is 0 Å². The topological polar surface area (TPSA) is 23.5 Å². The number of benzene rings is 1. The van der Waals surface area contributed by atoms with Gasteiger partial charge in [-0.3, -0.25) is 0 Å². The lowest BCUT2D eigenvalue weighted by atomic mass is 10.1. The Kier molecular flexibility index (Phi) is 4.00. The molecule has 1 fully saturated rings. The molecule has 1 aromatic carbocycles. The van der Waals surface area contributed by atoms with Crippen LogP contribution in [-0.2, 0) is 6.61 Å². The number of anilines is 1. The van der Waals surface area contributed by atoms with E-state index in [1.807, 2.05) is 0 Å². The molecule has 0 amide bonds. The molecule has 3 heteroatoms. The van der Waals surface area contributed by atoms with Crippen LogP contribution in [0.15, 0.2) is 18.2 Å². The maximum Gasteiger partial charge on any atom is 0.146 e. The summed E-state index contributed by atoms with van der Waals surface area (Å²) in [5, 5.41) is 8.98. The van der Waals surface area contributed by atoms with Crippen LogP contribution in [0.2, 0.25) is 0 Å². The second kappa shape index (κ2) is 5.50. The van der Waals surface area contributed by atoms with E-state index < -0.39 is 0 Å². The number of rotatable bonds is 4. The van der Waals surface area contributed by atoms with Crippen molar-refractivity contribution in [1.29, 1.82) is 0 Å². The molecule has 1 aliphatic rings. The highest BCUT2D eigenvalue weighted by atomic mass is 19.1. The predicted octanol–water partition coefficient (Wildman–Crippen LogP) is 3.09. The van der Waals surface area contributed by atoms with Crippen LogP contribution in [0.1, 0.15) is 38.2 Å². The summed E-state index contributed by atoms with van der Waals surface area (Å²) in [7, 11) is 0. The quantitative estimate of drug-likeness (QED) is 0.870. The molecule has 0 spiro atoms. The first kappa shape index (κ1) is 12.4. The van der Waals surface area contributed by atoms with Gasteiger partial charge in [0.2, 0.25) is 0 Å². The highest BCUT2D eigenvalue weighted by Crippen LogP contribution is 2.30. The first-order chi connectivity index (χ1) is 8.26. The van der Waals surface area contributed by atoms with E-state index in [9.17, 15) is 4.39 Å². The van der Waals surface area contributed by atoms with Gasteiger partial charge in [0, 0.05) is 12.6 Å². The average Bonchev–Trinajstić information content (AvgIpc) is 2.85. The van der Waals surface area contributed by atoms with E-state index in [4.69, 9.17) is 5.11 Å². The van der Waals surface area contributed by atoms with Gasteiger partial charge in [-0.05, 0) is 37.5 Å². The second-order valence-electron chi connectivity index (χ2n) is 4.67. The van der Waals surface area contributed by atoms with Crippen LogP contribution in [0.3, 0.4) is 0 Å². The highest BCUT2D eigenvalue weighted by Gasteiger charge is 2.23. The molecule has 0 unspecified atom stereocenters. The van der Waals surface area contributed by atoms with Crippen LogP contribution in [0, 0.1) is 5.82 Å². The zero-order valence-electron chi connectivity index (χ0n) is 10.3. The predicted molar refractivity (Wildman–Crippen MR) is 67.6 cm³/mol. The summed E-state index contributed by atoms with van der Waals surface area (Å²) in [6.45, 7) is 2.80. The van der Waals surface area contributed by atoms with Crippen molar-refractivity contribution in [2.24, 2.45) is 0 Å². The average molecular weight is 237 g/mol. The molecular weight excluding hydrogens is 217 g/mol.